The van der Waals surface area contributed by atoms with Crippen LogP contribution in [0.4, 0.5) is 0 Å². The van der Waals surface area contributed by atoms with Crippen LogP contribution >= 0.6 is 0 Å². The molecule has 0 amide bonds. The average molecular weight is 267 g/mol. The molecule has 2 heterocycles. The molecule has 5 heteroatoms. The molecule has 1 N–H and O–H groups in total. The van der Waals surface area contributed by atoms with Crippen LogP contribution in [0.1, 0.15) is 64.8 Å². The van der Waals surface area contributed by atoms with Crippen molar-refractivity contribution in [2.24, 2.45) is 5.41 Å². The molecule has 0 saturated carbocycles. The van der Waals surface area contributed by atoms with Crippen molar-refractivity contribution in [1.29, 1.82) is 0 Å². The lowest BCUT2D eigenvalue weighted by Crippen LogP contribution is -2.23. The maximum atomic E-state index is 5.79. The lowest BCUT2D eigenvalue weighted by atomic mass is 9.88. The first-order valence-electron chi connectivity index (χ1n) is 7.12. The fourth-order valence-corrected chi connectivity index (χ4v) is 2.58. The molecular weight excluding hydrogens is 242 g/mol. The predicted molar refractivity (Wildman–Crippen MR) is 72.9 cm³/mol. The van der Waals surface area contributed by atoms with E-state index in [4.69, 9.17) is 9.26 Å². The Bertz CT molecular complexity index is 411. The largest absolute Gasteiger partial charge is 0.370 e. The number of nitrogens with one attached hydrogen (secondary N) is 1. The van der Waals surface area contributed by atoms with Crippen molar-refractivity contribution in [2.75, 3.05) is 13.2 Å². The molecule has 2 rings (SSSR count). The predicted octanol–water partition coefficient (Wildman–Crippen LogP) is 2.66. The van der Waals surface area contributed by atoms with Crippen molar-refractivity contribution in [3.63, 3.8) is 0 Å². The zero-order valence-electron chi connectivity index (χ0n) is 12.6. The summed E-state index contributed by atoms with van der Waals surface area (Å²) >= 11 is 0. The summed E-state index contributed by atoms with van der Waals surface area (Å²) < 4.78 is 11.3. The van der Waals surface area contributed by atoms with Crippen LogP contribution in [-0.2, 0) is 4.74 Å². The minimum Gasteiger partial charge on any atom is -0.370 e. The van der Waals surface area contributed by atoms with Crippen molar-refractivity contribution in [3.8, 4) is 0 Å². The van der Waals surface area contributed by atoms with E-state index in [1.807, 2.05) is 6.92 Å². The first kappa shape index (κ1) is 14.5. The minimum atomic E-state index is -0.125. The van der Waals surface area contributed by atoms with Gasteiger partial charge in [-0.3, -0.25) is 0 Å². The Labute approximate surface area is 115 Å². The van der Waals surface area contributed by atoms with E-state index in [1.165, 1.54) is 0 Å². The van der Waals surface area contributed by atoms with Gasteiger partial charge in [-0.25, -0.2) is 0 Å². The summed E-state index contributed by atoms with van der Waals surface area (Å²) in [6.07, 6.45) is 0.928. The Hall–Kier alpha value is -0.940. The van der Waals surface area contributed by atoms with E-state index < -0.39 is 0 Å². The van der Waals surface area contributed by atoms with Gasteiger partial charge in [0.2, 0.25) is 11.7 Å². The van der Waals surface area contributed by atoms with Crippen LogP contribution in [0.15, 0.2) is 4.52 Å². The summed E-state index contributed by atoms with van der Waals surface area (Å²) in [4.78, 5) is 4.59. The molecule has 0 spiro atoms. The molecule has 108 valence electrons. The van der Waals surface area contributed by atoms with Crippen LogP contribution in [-0.4, -0.2) is 29.3 Å². The van der Waals surface area contributed by atoms with Crippen LogP contribution in [0.3, 0.4) is 0 Å². The third-order valence-corrected chi connectivity index (χ3v) is 3.65. The van der Waals surface area contributed by atoms with Crippen molar-refractivity contribution in [1.82, 2.24) is 15.5 Å². The van der Waals surface area contributed by atoms with Gasteiger partial charge in [0.25, 0.3) is 0 Å². The van der Waals surface area contributed by atoms with Crippen molar-refractivity contribution < 1.29 is 9.26 Å². The van der Waals surface area contributed by atoms with Crippen molar-refractivity contribution in [2.45, 2.75) is 59.1 Å². The smallest absolute Gasteiger partial charge is 0.231 e. The highest BCUT2D eigenvalue weighted by molar-refractivity contribution is 5.04. The van der Waals surface area contributed by atoms with Gasteiger partial charge in [0, 0.05) is 12.6 Å². The SMILES string of the molecule is CCOC(c1noc(C2CCNC2C)n1)C(C)(C)C. The Morgan fingerprint density at radius 2 is 2.21 bits per heavy atom. The van der Waals surface area contributed by atoms with Gasteiger partial charge in [-0.1, -0.05) is 25.9 Å². The lowest BCUT2D eigenvalue weighted by molar-refractivity contribution is -0.0203. The Kier molecular flexibility index (Phi) is 4.26. The number of hydrogen-bond donors (Lipinski definition) is 1. The number of aromatic nitrogens is 2. The molecule has 0 radical (unpaired) electrons. The van der Waals surface area contributed by atoms with Gasteiger partial charge in [-0.05, 0) is 32.2 Å². The lowest BCUT2D eigenvalue weighted by Gasteiger charge is -2.27. The standard InChI is InChI=1S/C14H25N3O2/c1-6-18-11(14(3,4)5)12-16-13(19-17-12)10-7-8-15-9(10)2/h9-11,15H,6-8H2,1-5H3. The highest BCUT2D eigenvalue weighted by atomic mass is 16.5. The van der Waals surface area contributed by atoms with E-state index in [0.717, 1.165) is 18.9 Å². The molecule has 3 unspecified atom stereocenters. The summed E-state index contributed by atoms with van der Waals surface area (Å²) in [7, 11) is 0. The second-order valence-electron chi connectivity index (χ2n) is 6.33. The summed E-state index contributed by atoms with van der Waals surface area (Å²) in [5.41, 5.74) is -0.0449. The third-order valence-electron chi connectivity index (χ3n) is 3.65. The molecular formula is C14H25N3O2. The summed E-state index contributed by atoms with van der Waals surface area (Å²) in [5, 5.41) is 7.54. The van der Waals surface area contributed by atoms with Gasteiger partial charge in [0.05, 0.1) is 5.92 Å². The molecule has 1 aromatic heterocycles. The Morgan fingerprint density at radius 1 is 1.47 bits per heavy atom. The highest BCUT2D eigenvalue weighted by Gasteiger charge is 2.34. The number of ether oxygens (including phenoxy) is 1. The third kappa shape index (κ3) is 3.15. The van der Waals surface area contributed by atoms with Crippen LogP contribution in [0.25, 0.3) is 0 Å². The van der Waals surface area contributed by atoms with Gasteiger partial charge < -0.3 is 14.6 Å². The highest BCUT2D eigenvalue weighted by Crippen LogP contribution is 2.35. The second-order valence-corrected chi connectivity index (χ2v) is 6.33. The van der Waals surface area contributed by atoms with Crippen molar-refractivity contribution >= 4 is 0 Å². The fourth-order valence-electron chi connectivity index (χ4n) is 2.58. The van der Waals surface area contributed by atoms with E-state index in [9.17, 15) is 0 Å². The number of rotatable bonds is 4. The van der Waals surface area contributed by atoms with Gasteiger partial charge >= 0.3 is 0 Å². The first-order chi connectivity index (χ1) is 8.93. The quantitative estimate of drug-likeness (QED) is 0.908. The van der Waals surface area contributed by atoms with E-state index in [0.29, 0.717) is 24.4 Å². The fraction of sp³-hybridized carbons (Fsp3) is 0.857. The second kappa shape index (κ2) is 5.59. The first-order valence-corrected chi connectivity index (χ1v) is 7.12. The van der Waals surface area contributed by atoms with Crippen molar-refractivity contribution in [3.05, 3.63) is 11.7 Å². The molecule has 1 aliphatic heterocycles. The molecule has 0 aromatic carbocycles. The maximum Gasteiger partial charge on any atom is 0.231 e. The Morgan fingerprint density at radius 3 is 2.74 bits per heavy atom. The van der Waals surface area contributed by atoms with E-state index in [2.05, 4.69) is 43.2 Å². The summed E-state index contributed by atoms with van der Waals surface area (Å²) in [6, 6.07) is 0.397. The molecule has 3 atom stereocenters. The van der Waals surface area contributed by atoms with E-state index in [1.54, 1.807) is 0 Å². The minimum absolute atomic E-state index is 0.0449. The maximum absolute atomic E-state index is 5.79. The molecule has 1 fully saturated rings. The average Bonchev–Trinajstić information content (AvgIpc) is 2.92. The zero-order valence-corrected chi connectivity index (χ0v) is 12.6. The molecule has 0 aliphatic carbocycles. The van der Waals surface area contributed by atoms with Gasteiger partial charge in [0.1, 0.15) is 6.10 Å². The topological polar surface area (TPSA) is 60.2 Å². The molecule has 5 nitrogen and oxygen atoms in total. The van der Waals surface area contributed by atoms with Gasteiger partial charge in [-0.2, -0.15) is 4.98 Å². The summed E-state index contributed by atoms with van der Waals surface area (Å²) in [5.74, 6) is 1.73. The van der Waals surface area contributed by atoms with Crippen LogP contribution in [0.5, 0.6) is 0 Å². The Balaban J connectivity index is 2.18. The molecule has 0 bridgehead atoms. The number of nitrogens with zero attached hydrogens (tertiary/aromatic N) is 2. The van der Waals surface area contributed by atoms with E-state index >= 15 is 0 Å². The normalized spacial score (nSPS) is 25.7. The van der Waals surface area contributed by atoms with E-state index in [-0.39, 0.29) is 11.5 Å². The van der Waals surface area contributed by atoms with Crippen LogP contribution < -0.4 is 5.32 Å². The molecule has 1 aromatic rings. The zero-order chi connectivity index (χ0) is 14.0. The van der Waals surface area contributed by atoms with Gasteiger partial charge in [0.15, 0.2) is 0 Å². The monoisotopic (exact) mass is 267 g/mol. The summed E-state index contributed by atoms with van der Waals surface area (Å²) in [6.45, 7) is 12.2. The molecule has 1 saturated heterocycles. The van der Waals surface area contributed by atoms with Crippen LogP contribution in [0, 0.1) is 5.41 Å². The number of hydrogen-bond acceptors (Lipinski definition) is 5. The molecule has 1 aliphatic rings. The molecule has 19 heavy (non-hydrogen) atoms. The van der Waals surface area contributed by atoms with Crippen LogP contribution in [0.2, 0.25) is 0 Å². The van der Waals surface area contributed by atoms with Gasteiger partial charge in [-0.15, -0.1) is 0 Å².